The van der Waals surface area contributed by atoms with Gasteiger partial charge in [-0.15, -0.1) is 0 Å². The fourth-order valence-corrected chi connectivity index (χ4v) is 1.25. The van der Waals surface area contributed by atoms with E-state index < -0.39 is 0 Å². The minimum absolute atomic E-state index is 0.471. The molecule has 0 bridgehead atoms. The largest absolute Gasteiger partial charge is 0.488 e. The van der Waals surface area contributed by atoms with Crippen molar-refractivity contribution >= 4 is 0 Å². The smallest absolute Gasteiger partial charge is 0.257 e. The summed E-state index contributed by atoms with van der Waals surface area (Å²) in [5, 5.41) is 3.27. The highest BCUT2D eigenvalue weighted by molar-refractivity contribution is 5.32. The van der Waals surface area contributed by atoms with Gasteiger partial charge in [-0.3, -0.25) is 0 Å². The van der Waals surface area contributed by atoms with Crippen molar-refractivity contribution in [3.05, 3.63) is 18.3 Å². The van der Waals surface area contributed by atoms with Crippen LogP contribution in [0, 0.1) is 0 Å². The van der Waals surface area contributed by atoms with Crippen LogP contribution in [0.1, 0.15) is 20.8 Å². The summed E-state index contributed by atoms with van der Waals surface area (Å²) in [4.78, 5) is 4.14. The normalized spacial score (nSPS) is 10.5. The molecular weight excluding hydrogens is 204 g/mol. The molecule has 1 N–H and O–H groups in total. The van der Waals surface area contributed by atoms with E-state index >= 15 is 0 Å². The molecule has 1 rings (SSSR count). The predicted octanol–water partition coefficient (Wildman–Crippen LogP) is 1.86. The zero-order valence-electron chi connectivity index (χ0n) is 10.2. The Morgan fingerprint density at radius 1 is 1.38 bits per heavy atom. The average molecular weight is 224 g/mol. The number of rotatable bonds is 7. The monoisotopic (exact) mass is 224 g/mol. The summed E-state index contributed by atoms with van der Waals surface area (Å²) in [7, 11) is 0. The molecule has 0 saturated heterocycles. The molecule has 0 aliphatic rings. The third-order valence-corrected chi connectivity index (χ3v) is 1.93. The van der Waals surface area contributed by atoms with Crippen molar-refractivity contribution in [2.24, 2.45) is 0 Å². The first kappa shape index (κ1) is 12.8. The number of hydrogen-bond donors (Lipinski definition) is 1. The molecule has 0 aliphatic carbocycles. The lowest BCUT2D eigenvalue weighted by Crippen LogP contribution is -2.27. The van der Waals surface area contributed by atoms with E-state index in [4.69, 9.17) is 9.47 Å². The van der Waals surface area contributed by atoms with Gasteiger partial charge in [-0.1, -0.05) is 13.8 Å². The van der Waals surface area contributed by atoms with Crippen LogP contribution in [0.3, 0.4) is 0 Å². The first-order valence-electron chi connectivity index (χ1n) is 5.68. The van der Waals surface area contributed by atoms with Crippen LogP contribution in [0.15, 0.2) is 18.3 Å². The van der Waals surface area contributed by atoms with Crippen LogP contribution in [-0.4, -0.2) is 30.8 Å². The topological polar surface area (TPSA) is 43.4 Å². The Bertz CT molecular complexity index is 303. The van der Waals surface area contributed by atoms with Crippen molar-refractivity contribution in [2.75, 3.05) is 19.8 Å². The second kappa shape index (κ2) is 7.06. The molecule has 0 fully saturated rings. The molecule has 0 atom stereocenters. The zero-order valence-corrected chi connectivity index (χ0v) is 10.2. The van der Waals surface area contributed by atoms with Gasteiger partial charge in [0, 0.05) is 18.8 Å². The number of nitrogens with zero attached hydrogens (tertiary/aromatic N) is 1. The maximum absolute atomic E-state index is 5.54. The van der Waals surface area contributed by atoms with Crippen LogP contribution in [0.4, 0.5) is 0 Å². The molecule has 0 amide bonds. The van der Waals surface area contributed by atoms with Crippen LogP contribution >= 0.6 is 0 Å². The van der Waals surface area contributed by atoms with Crippen LogP contribution < -0.4 is 14.8 Å². The van der Waals surface area contributed by atoms with Crippen LogP contribution in [-0.2, 0) is 0 Å². The number of nitrogens with one attached hydrogen (secondary N) is 1. The Kier molecular flexibility index (Phi) is 5.64. The fourth-order valence-electron chi connectivity index (χ4n) is 1.25. The molecule has 0 radical (unpaired) electrons. The first-order chi connectivity index (χ1) is 7.74. The highest BCUT2D eigenvalue weighted by atomic mass is 16.5. The van der Waals surface area contributed by atoms with E-state index in [0.29, 0.717) is 30.9 Å². The van der Waals surface area contributed by atoms with E-state index in [-0.39, 0.29) is 0 Å². The fraction of sp³-hybridized carbons (Fsp3) is 0.583. The maximum Gasteiger partial charge on any atom is 0.257 e. The number of aromatic nitrogens is 1. The third kappa shape index (κ3) is 4.49. The highest BCUT2D eigenvalue weighted by Crippen LogP contribution is 2.22. The lowest BCUT2D eigenvalue weighted by atomic mass is 10.4. The minimum Gasteiger partial charge on any atom is -0.488 e. The molecule has 4 nitrogen and oxygen atoms in total. The molecule has 90 valence electrons. The van der Waals surface area contributed by atoms with Gasteiger partial charge in [0.25, 0.3) is 5.88 Å². The Labute approximate surface area is 97.0 Å². The average Bonchev–Trinajstić information content (AvgIpc) is 2.26. The van der Waals surface area contributed by atoms with E-state index in [0.717, 1.165) is 6.54 Å². The SMILES string of the molecule is CCOc1cccnc1OCCNC(C)C. The highest BCUT2D eigenvalue weighted by Gasteiger charge is 2.04. The standard InChI is InChI=1S/C12H20N2O2/c1-4-15-11-6-5-7-14-12(11)16-9-8-13-10(2)3/h5-7,10,13H,4,8-9H2,1-3H3. The molecule has 0 spiro atoms. The Balaban J connectivity index is 2.40. The summed E-state index contributed by atoms with van der Waals surface area (Å²) in [6, 6.07) is 4.17. The van der Waals surface area contributed by atoms with Crippen molar-refractivity contribution < 1.29 is 9.47 Å². The van der Waals surface area contributed by atoms with Crippen LogP contribution in [0.25, 0.3) is 0 Å². The van der Waals surface area contributed by atoms with Gasteiger partial charge in [0.1, 0.15) is 6.61 Å². The molecule has 1 heterocycles. The summed E-state index contributed by atoms with van der Waals surface area (Å²) < 4.78 is 10.9. The number of ether oxygens (including phenoxy) is 2. The minimum atomic E-state index is 0.471. The van der Waals surface area contributed by atoms with Crippen LogP contribution in [0.5, 0.6) is 11.6 Å². The molecule has 0 aromatic carbocycles. The van der Waals surface area contributed by atoms with Gasteiger partial charge in [0.2, 0.25) is 0 Å². The van der Waals surface area contributed by atoms with Gasteiger partial charge >= 0.3 is 0 Å². The van der Waals surface area contributed by atoms with E-state index in [1.807, 2.05) is 19.1 Å². The molecule has 4 heteroatoms. The van der Waals surface area contributed by atoms with Crippen molar-refractivity contribution in [2.45, 2.75) is 26.8 Å². The predicted molar refractivity (Wildman–Crippen MR) is 64.0 cm³/mol. The van der Waals surface area contributed by atoms with E-state index in [1.165, 1.54) is 0 Å². The molecule has 1 aromatic heterocycles. The van der Waals surface area contributed by atoms with Crippen molar-refractivity contribution in [1.29, 1.82) is 0 Å². The number of pyridine rings is 1. The Hall–Kier alpha value is -1.29. The Morgan fingerprint density at radius 3 is 2.88 bits per heavy atom. The van der Waals surface area contributed by atoms with Gasteiger partial charge in [0.05, 0.1) is 6.61 Å². The summed E-state index contributed by atoms with van der Waals surface area (Å²) in [5.41, 5.74) is 0. The molecule has 0 aliphatic heterocycles. The van der Waals surface area contributed by atoms with Crippen molar-refractivity contribution in [1.82, 2.24) is 10.3 Å². The van der Waals surface area contributed by atoms with E-state index in [2.05, 4.69) is 24.1 Å². The van der Waals surface area contributed by atoms with Crippen LogP contribution in [0.2, 0.25) is 0 Å². The quantitative estimate of drug-likeness (QED) is 0.718. The van der Waals surface area contributed by atoms with Gasteiger partial charge < -0.3 is 14.8 Å². The Morgan fingerprint density at radius 2 is 2.19 bits per heavy atom. The van der Waals surface area contributed by atoms with Gasteiger partial charge in [-0.2, -0.15) is 0 Å². The zero-order chi connectivity index (χ0) is 11.8. The summed E-state index contributed by atoms with van der Waals surface area (Å²) >= 11 is 0. The second-order valence-electron chi connectivity index (χ2n) is 3.70. The summed E-state index contributed by atoms with van der Waals surface area (Å²) in [5.74, 6) is 1.27. The second-order valence-corrected chi connectivity index (χ2v) is 3.70. The van der Waals surface area contributed by atoms with Crippen molar-refractivity contribution in [3.8, 4) is 11.6 Å². The van der Waals surface area contributed by atoms with Crippen molar-refractivity contribution in [3.63, 3.8) is 0 Å². The molecule has 1 aromatic rings. The first-order valence-corrected chi connectivity index (χ1v) is 5.68. The van der Waals surface area contributed by atoms with E-state index in [9.17, 15) is 0 Å². The molecule has 0 unspecified atom stereocenters. The lowest BCUT2D eigenvalue weighted by Gasteiger charge is -2.11. The van der Waals surface area contributed by atoms with Gasteiger partial charge in [-0.05, 0) is 19.1 Å². The number of hydrogen-bond acceptors (Lipinski definition) is 4. The lowest BCUT2D eigenvalue weighted by molar-refractivity contribution is 0.264. The maximum atomic E-state index is 5.54. The summed E-state index contributed by atoms with van der Waals surface area (Å²) in [6.45, 7) is 8.16. The van der Waals surface area contributed by atoms with E-state index in [1.54, 1.807) is 6.20 Å². The molecular formula is C12H20N2O2. The summed E-state index contributed by atoms with van der Waals surface area (Å²) in [6.07, 6.45) is 1.70. The van der Waals surface area contributed by atoms with Gasteiger partial charge in [-0.25, -0.2) is 4.98 Å². The van der Waals surface area contributed by atoms with Gasteiger partial charge in [0.15, 0.2) is 5.75 Å². The molecule has 16 heavy (non-hydrogen) atoms. The molecule has 0 saturated carbocycles. The third-order valence-electron chi connectivity index (χ3n) is 1.93.